The molecule has 0 aliphatic heterocycles. The zero-order valence-electron chi connectivity index (χ0n) is 35.5. The minimum absolute atomic E-state index is 0.625. The number of nitrogens with zero attached hydrogens (tertiary/aromatic N) is 1. The van der Waals surface area contributed by atoms with Crippen molar-refractivity contribution in [3.05, 3.63) is 249 Å². The summed E-state index contributed by atoms with van der Waals surface area (Å²) in [6.07, 6.45) is 0. The van der Waals surface area contributed by atoms with Crippen LogP contribution >= 0.6 is 0 Å². The van der Waals surface area contributed by atoms with Gasteiger partial charge in [-0.25, -0.2) is 4.98 Å². The smallest absolute Gasteiger partial charge is 0.227 e. The standard InChI is InChI=1S/C63H41NO/c1-5-20-42(21-6-1)54-41-55(61(44-24-9-3-10-25-44)62(45-26-11-4-12-27-45)60(54)43-22-7-2-8-23-43)48-28-19-29-49(40-48)59-52-32-15-13-30-50(52)58(51-31-14-16-33-53(51)59)46-36-38-47(39-37-46)63-64-56-34-17-18-35-57(56)65-63/h1-41H. The minimum Gasteiger partial charge on any atom is -0.436 e. The van der Waals surface area contributed by atoms with Crippen LogP contribution in [0.5, 0.6) is 0 Å². The Kier molecular flexibility index (Phi) is 9.54. The lowest BCUT2D eigenvalue weighted by atomic mass is 9.78. The van der Waals surface area contributed by atoms with Gasteiger partial charge in [-0.2, -0.15) is 0 Å². The molecule has 1 heterocycles. The van der Waals surface area contributed by atoms with E-state index in [4.69, 9.17) is 9.40 Å². The van der Waals surface area contributed by atoms with Gasteiger partial charge in [-0.15, -0.1) is 0 Å². The number of benzene rings is 11. The molecule has 0 fully saturated rings. The molecule has 0 bridgehead atoms. The Morgan fingerprint density at radius 1 is 0.246 bits per heavy atom. The van der Waals surface area contributed by atoms with Crippen LogP contribution in [0.4, 0.5) is 0 Å². The van der Waals surface area contributed by atoms with E-state index in [-0.39, 0.29) is 0 Å². The SMILES string of the molecule is c1ccc(-c2cc(-c3cccc(-c4c5ccccc5c(-c5ccc(-c6nc7ccccc7o6)cc5)c5ccccc45)c3)c(-c3ccccc3)c(-c3ccccc3)c2-c2ccccc2)cc1. The molecule has 0 N–H and O–H groups in total. The molecule has 12 aromatic rings. The van der Waals surface area contributed by atoms with E-state index < -0.39 is 0 Å². The first-order valence-electron chi connectivity index (χ1n) is 22.2. The maximum atomic E-state index is 6.15. The Morgan fingerprint density at radius 3 is 1.17 bits per heavy atom. The molecule has 2 nitrogen and oxygen atoms in total. The molecule has 0 radical (unpaired) electrons. The third-order valence-electron chi connectivity index (χ3n) is 12.7. The monoisotopic (exact) mass is 827 g/mol. The van der Waals surface area contributed by atoms with Gasteiger partial charge >= 0.3 is 0 Å². The number of rotatable bonds is 8. The maximum absolute atomic E-state index is 6.15. The van der Waals surface area contributed by atoms with Crippen LogP contribution in [-0.4, -0.2) is 4.98 Å². The van der Waals surface area contributed by atoms with Gasteiger partial charge in [-0.05, 0) is 136 Å². The van der Waals surface area contributed by atoms with Gasteiger partial charge in [-0.3, -0.25) is 0 Å². The van der Waals surface area contributed by atoms with Crippen LogP contribution in [-0.2, 0) is 0 Å². The molecule has 0 aliphatic rings. The summed E-state index contributed by atoms with van der Waals surface area (Å²) in [6, 6.07) is 89.6. The van der Waals surface area contributed by atoms with Crippen LogP contribution in [0.25, 0.3) is 122 Å². The van der Waals surface area contributed by atoms with Crippen LogP contribution < -0.4 is 0 Å². The van der Waals surface area contributed by atoms with Crippen molar-refractivity contribution in [1.82, 2.24) is 4.98 Å². The second kappa shape index (κ2) is 16.3. The molecule has 0 saturated heterocycles. The first-order chi connectivity index (χ1) is 32.3. The van der Waals surface area contributed by atoms with Gasteiger partial charge in [0.25, 0.3) is 0 Å². The lowest BCUT2D eigenvalue weighted by Gasteiger charge is -2.25. The molecular weight excluding hydrogens is 787 g/mol. The normalized spacial score (nSPS) is 11.4. The van der Waals surface area contributed by atoms with E-state index >= 15 is 0 Å². The third kappa shape index (κ3) is 6.80. The van der Waals surface area contributed by atoms with E-state index in [2.05, 4.69) is 224 Å². The second-order valence-electron chi connectivity index (χ2n) is 16.5. The first kappa shape index (κ1) is 38.1. The Balaban J connectivity index is 1.09. The van der Waals surface area contributed by atoms with E-state index in [9.17, 15) is 0 Å². The molecule has 65 heavy (non-hydrogen) atoms. The Morgan fingerprint density at radius 2 is 0.631 bits per heavy atom. The largest absolute Gasteiger partial charge is 0.436 e. The lowest BCUT2D eigenvalue weighted by Crippen LogP contribution is -1.98. The minimum atomic E-state index is 0.625. The molecule has 0 saturated carbocycles. The zero-order valence-corrected chi connectivity index (χ0v) is 35.5. The van der Waals surface area contributed by atoms with E-state index in [0.717, 1.165) is 27.8 Å². The summed E-state index contributed by atoms with van der Waals surface area (Å²) < 4.78 is 6.15. The van der Waals surface area contributed by atoms with E-state index in [1.807, 2.05) is 24.3 Å². The topological polar surface area (TPSA) is 26.0 Å². The van der Waals surface area contributed by atoms with Crippen molar-refractivity contribution in [3.8, 4) is 89.3 Å². The quantitative estimate of drug-likeness (QED) is 0.143. The zero-order chi connectivity index (χ0) is 43.1. The van der Waals surface area contributed by atoms with Gasteiger partial charge in [0, 0.05) is 5.56 Å². The highest BCUT2D eigenvalue weighted by molar-refractivity contribution is 6.21. The summed E-state index contributed by atoms with van der Waals surface area (Å²) in [5.41, 5.74) is 19.2. The molecule has 11 aromatic carbocycles. The van der Waals surface area contributed by atoms with Crippen LogP contribution in [0.1, 0.15) is 0 Å². The molecule has 0 unspecified atom stereocenters. The first-order valence-corrected chi connectivity index (χ1v) is 22.2. The van der Waals surface area contributed by atoms with Gasteiger partial charge in [-0.1, -0.05) is 212 Å². The van der Waals surface area contributed by atoms with E-state index in [1.165, 1.54) is 88.3 Å². The summed E-state index contributed by atoms with van der Waals surface area (Å²) in [6.45, 7) is 0. The van der Waals surface area contributed by atoms with Crippen molar-refractivity contribution in [2.45, 2.75) is 0 Å². The van der Waals surface area contributed by atoms with Crippen molar-refractivity contribution in [3.63, 3.8) is 0 Å². The van der Waals surface area contributed by atoms with Crippen molar-refractivity contribution in [2.75, 3.05) is 0 Å². The number of fused-ring (bicyclic) bond motifs is 3. The molecule has 2 heteroatoms. The third-order valence-corrected chi connectivity index (χ3v) is 12.7. The fraction of sp³-hybridized carbons (Fsp3) is 0. The average molecular weight is 828 g/mol. The molecular formula is C63H41NO. The number of para-hydroxylation sites is 2. The average Bonchev–Trinajstić information content (AvgIpc) is 3.83. The van der Waals surface area contributed by atoms with Gasteiger partial charge in [0.05, 0.1) is 0 Å². The van der Waals surface area contributed by atoms with Crippen molar-refractivity contribution >= 4 is 32.6 Å². The lowest BCUT2D eigenvalue weighted by molar-refractivity contribution is 0.620. The Labute approximate surface area is 378 Å². The highest BCUT2D eigenvalue weighted by Crippen LogP contribution is 2.51. The predicted molar refractivity (Wildman–Crippen MR) is 273 cm³/mol. The number of oxazole rings is 1. The van der Waals surface area contributed by atoms with Gasteiger partial charge < -0.3 is 4.42 Å². The van der Waals surface area contributed by atoms with Crippen LogP contribution in [0.2, 0.25) is 0 Å². The fourth-order valence-corrected chi connectivity index (χ4v) is 9.83. The highest BCUT2D eigenvalue weighted by Gasteiger charge is 2.25. The van der Waals surface area contributed by atoms with Gasteiger partial charge in [0.1, 0.15) is 5.52 Å². The van der Waals surface area contributed by atoms with Gasteiger partial charge in [0.15, 0.2) is 5.58 Å². The van der Waals surface area contributed by atoms with Crippen molar-refractivity contribution < 1.29 is 4.42 Å². The van der Waals surface area contributed by atoms with Gasteiger partial charge in [0.2, 0.25) is 5.89 Å². The number of aromatic nitrogens is 1. The fourth-order valence-electron chi connectivity index (χ4n) is 9.83. The Hall–Kier alpha value is -8.59. The molecule has 0 atom stereocenters. The van der Waals surface area contributed by atoms with Crippen molar-refractivity contribution in [1.29, 1.82) is 0 Å². The summed E-state index contributed by atoms with van der Waals surface area (Å²) in [5.74, 6) is 0.625. The summed E-state index contributed by atoms with van der Waals surface area (Å²) in [4.78, 5) is 4.77. The van der Waals surface area contributed by atoms with E-state index in [1.54, 1.807) is 0 Å². The molecule has 0 amide bonds. The summed E-state index contributed by atoms with van der Waals surface area (Å²) >= 11 is 0. The maximum Gasteiger partial charge on any atom is 0.227 e. The van der Waals surface area contributed by atoms with E-state index in [0.29, 0.717) is 5.89 Å². The predicted octanol–water partition coefficient (Wildman–Crippen LogP) is 17.5. The number of hydrogen-bond acceptors (Lipinski definition) is 2. The van der Waals surface area contributed by atoms with Crippen molar-refractivity contribution in [2.24, 2.45) is 0 Å². The van der Waals surface area contributed by atoms with Crippen LogP contribution in [0.3, 0.4) is 0 Å². The summed E-state index contributed by atoms with van der Waals surface area (Å²) in [7, 11) is 0. The molecule has 1 aromatic heterocycles. The molecule has 304 valence electrons. The summed E-state index contributed by atoms with van der Waals surface area (Å²) in [5, 5.41) is 4.82. The van der Waals surface area contributed by atoms with Crippen LogP contribution in [0.15, 0.2) is 253 Å². The molecule has 0 aliphatic carbocycles. The second-order valence-corrected chi connectivity index (χ2v) is 16.5. The molecule has 12 rings (SSSR count). The van der Waals surface area contributed by atoms with Crippen LogP contribution in [0, 0.1) is 0 Å². The number of hydrogen-bond donors (Lipinski definition) is 0. The Bertz CT molecular complexity index is 3580. The molecule has 0 spiro atoms. The highest BCUT2D eigenvalue weighted by atomic mass is 16.3.